The second kappa shape index (κ2) is 7.00. The van der Waals surface area contributed by atoms with E-state index in [1.807, 2.05) is 6.92 Å². The van der Waals surface area contributed by atoms with Gasteiger partial charge in [-0.25, -0.2) is 4.79 Å². The average molecular weight is 315 g/mol. The molecule has 116 valence electrons. The average Bonchev–Trinajstić information content (AvgIpc) is 2.73. The largest absolute Gasteiger partial charge is 0.489 e. The van der Waals surface area contributed by atoms with E-state index in [-0.39, 0.29) is 6.61 Å². The van der Waals surface area contributed by atoms with Crippen LogP contribution >= 0.6 is 11.6 Å². The van der Waals surface area contributed by atoms with Gasteiger partial charge in [-0.3, -0.25) is 0 Å². The van der Waals surface area contributed by atoms with Crippen LogP contribution in [0.5, 0.6) is 11.5 Å². The van der Waals surface area contributed by atoms with Crippen LogP contribution in [0.15, 0.2) is 6.07 Å². The van der Waals surface area contributed by atoms with Crippen molar-refractivity contribution >= 4 is 17.6 Å². The minimum atomic E-state index is -1.38. The molecule has 1 N–H and O–H groups in total. The third-order valence-electron chi connectivity index (χ3n) is 3.27. The van der Waals surface area contributed by atoms with Crippen molar-refractivity contribution in [3.8, 4) is 11.5 Å². The zero-order chi connectivity index (χ0) is 15.4. The molecule has 1 heterocycles. The third-order valence-corrected chi connectivity index (χ3v) is 3.55. The molecule has 0 saturated heterocycles. The number of ether oxygens (including phenoxy) is 3. The Morgan fingerprint density at radius 1 is 1.38 bits per heavy atom. The lowest BCUT2D eigenvalue weighted by Gasteiger charge is -2.19. The molecule has 0 amide bonds. The molecule has 1 aliphatic heterocycles. The molecule has 1 aliphatic rings. The van der Waals surface area contributed by atoms with Gasteiger partial charge < -0.3 is 19.3 Å². The molecule has 5 nitrogen and oxygen atoms in total. The maximum absolute atomic E-state index is 11.8. The Kier molecular flexibility index (Phi) is 5.31. The molecular formula is C15H19ClO5. The summed E-state index contributed by atoms with van der Waals surface area (Å²) in [6.07, 6.45) is -0.0481. The molecule has 1 aromatic rings. The van der Waals surface area contributed by atoms with Crippen molar-refractivity contribution in [3.05, 3.63) is 22.2 Å². The quantitative estimate of drug-likeness (QED) is 0.866. The Balaban J connectivity index is 2.49. The van der Waals surface area contributed by atoms with Crippen LogP contribution in [-0.4, -0.2) is 30.9 Å². The Labute approximate surface area is 128 Å². The van der Waals surface area contributed by atoms with Crippen LogP contribution in [0.2, 0.25) is 5.02 Å². The Morgan fingerprint density at radius 2 is 2.05 bits per heavy atom. The van der Waals surface area contributed by atoms with Gasteiger partial charge in [0.05, 0.1) is 24.8 Å². The Morgan fingerprint density at radius 3 is 2.67 bits per heavy atom. The molecule has 21 heavy (non-hydrogen) atoms. The monoisotopic (exact) mass is 314 g/mol. The smallest absolute Gasteiger partial charge is 0.339 e. The number of benzene rings is 1. The molecular weight excluding hydrogens is 296 g/mol. The van der Waals surface area contributed by atoms with E-state index in [1.165, 1.54) is 0 Å². The zero-order valence-electron chi connectivity index (χ0n) is 12.1. The minimum absolute atomic E-state index is 0.204. The maximum atomic E-state index is 11.8. The first-order valence-electron chi connectivity index (χ1n) is 7.05. The lowest BCUT2D eigenvalue weighted by atomic mass is 9.98. The highest BCUT2D eigenvalue weighted by molar-refractivity contribution is 6.32. The highest BCUT2D eigenvalue weighted by atomic mass is 35.5. The lowest BCUT2D eigenvalue weighted by Crippen LogP contribution is -2.17. The van der Waals surface area contributed by atoms with E-state index in [1.54, 1.807) is 13.0 Å². The molecule has 0 fully saturated rings. The van der Waals surface area contributed by atoms with E-state index in [9.17, 15) is 9.90 Å². The second-order valence-corrected chi connectivity index (χ2v) is 5.05. The molecule has 6 heteroatoms. The van der Waals surface area contributed by atoms with E-state index in [2.05, 4.69) is 0 Å². The van der Waals surface area contributed by atoms with Crippen LogP contribution in [0.3, 0.4) is 0 Å². The molecule has 2 rings (SSSR count). The summed E-state index contributed by atoms with van der Waals surface area (Å²) in [5.41, 5.74) is 1.13. The van der Waals surface area contributed by atoms with Crippen molar-refractivity contribution in [3.63, 3.8) is 0 Å². The minimum Gasteiger partial charge on any atom is -0.489 e. The standard InChI is InChI=1S/C15H19ClO5/c1-3-9-10(12(17)15(18)19-4-2)8-11(16)14-13(9)20-6-5-7-21-14/h8,12,17H,3-7H2,1-2H3. The number of aliphatic hydroxyl groups is 1. The summed E-state index contributed by atoms with van der Waals surface area (Å²) >= 11 is 6.21. The van der Waals surface area contributed by atoms with E-state index < -0.39 is 12.1 Å². The second-order valence-electron chi connectivity index (χ2n) is 4.64. The van der Waals surface area contributed by atoms with Crippen LogP contribution in [0, 0.1) is 0 Å². The van der Waals surface area contributed by atoms with Gasteiger partial charge in [0.15, 0.2) is 17.6 Å². The molecule has 1 unspecified atom stereocenters. The molecule has 1 aromatic carbocycles. The number of carbonyl (C=O) groups excluding carboxylic acids is 1. The number of aliphatic hydroxyl groups excluding tert-OH is 1. The molecule has 1 atom stereocenters. The van der Waals surface area contributed by atoms with Gasteiger partial charge in [-0.1, -0.05) is 18.5 Å². The van der Waals surface area contributed by atoms with Crippen LogP contribution in [0.1, 0.15) is 37.5 Å². The van der Waals surface area contributed by atoms with Crippen LogP contribution in [0.25, 0.3) is 0 Å². The van der Waals surface area contributed by atoms with E-state index in [0.29, 0.717) is 41.7 Å². The van der Waals surface area contributed by atoms with E-state index in [4.69, 9.17) is 25.8 Å². The highest BCUT2D eigenvalue weighted by Crippen LogP contribution is 2.43. The number of fused-ring (bicyclic) bond motifs is 1. The summed E-state index contributed by atoms with van der Waals surface area (Å²) in [6, 6.07) is 1.55. The lowest BCUT2D eigenvalue weighted by molar-refractivity contribution is -0.153. The molecule has 0 spiro atoms. The van der Waals surface area contributed by atoms with Crippen LogP contribution in [0.4, 0.5) is 0 Å². The van der Waals surface area contributed by atoms with E-state index in [0.717, 1.165) is 12.0 Å². The normalized spacial score (nSPS) is 15.2. The van der Waals surface area contributed by atoms with Gasteiger partial charge in [0.1, 0.15) is 0 Å². The Bertz CT molecular complexity index is 529. The summed E-state index contributed by atoms with van der Waals surface area (Å²) in [4.78, 5) is 11.8. The fourth-order valence-corrected chi connectivity index (χ4v) is 2.58. The van der Waals surface area contributed by atoms with Crippen LogP contribution in [-0.2, 0) is 16.0 Å². The number of halogens is 1. The molecule has 0 saturated carbocycles. The summed E-state index contributed by atoms with van der Waals surface area (Å²) in [5.74, 6) is 0.296. The topological polar surface area (TPSA) is 65.0 Å². The number of esters is 1. The van der Waals surface area contributed by atoms with Gasteiger partial charge in [0.25, 0.3) is 0 Å². The van der Waals surface area contributed by atoms with E-state index >= 15 is 0 Å². The van der Waals surface area contributed by atoms with Crippen molar-refractivity contribution in [2.75, 3.05) is 19.8 Å². The fourth-order valence-electron chi connectivity index (χ4n) is 2.32. The van der Waals surface area contributed by atoms with Gasteiger partial charge in [-0.15, -0.1) is 0 Å². The van der Waals surface area contributed by atoms with Crippen molar-refractivity contribution in [2.45, 2.75) is 32.8 Å². The number of hydrogen-bond acceptors (Lipinski definition) is 5. The summed E-state index contributed by atoms with van der Waals surface area (Å²) in [5, 5.41) is 10.5. The zero-order valence-corrected chi connectivity index (χ0v) is 12.9. The van der Waals surface area contributed by atoms with Gasteiger partial charge in [-0.05, 0) is 19.4 Å². The Hall–Kier alpha value is -1.46. The van der Waals surface area contributed by atoms with Crippen molar-refractivity contribution in [1.82, 2.24) is 0 Å². The predicted octanol–water partition coefficient (Wildman–Crippen LogP) is 2.66. The maximum Gasteiger partial charge on any atom is 0.339 e. The third kappa shape index (κ3) is 3.24. The van der Waals surface area contributed by atoms with Crippen molar-refractivity contribution < 1.29 is 24.1 Å². The first-order valence-corrected chi connectivity index (χ1v) is 7.43. The summed E-state index contributed by atoms with van der Waals surface area (Å²) in [7, 11) is 0. The van der Waals surface area contributed by atoms with Crippen LogP contribution < -0.4 is 9.47 Å². The predicted molar refractivity (Wildman–Crippen MR) is 78.0 cm³/mol. The number of rotatable bonds is 4. The summed E-state index contributed by atoms with van der Waals surface area (Å²) in [6.45, 7) is 4.84. The fraction of sp³-hybridized carbons (Fsp3) is 0.533. The van der Waals surface area contributed by atoms with Gasteiger partial charge in [0.2, 0.25) is 0 Å². The molecule has 0 aliphatic carbocycles. The van der Waals surface area contributed by atoms with Gasteiger partial charge >= 0.3 is 5.97 Å². The molecule has 0 radical (unpaired) electrons. The first-order chi connectivity index (χ1) is 10.1. The molecule has 0 aromatic heterocycles. The first kappa shape index (κ1) is 15.9. The van der Waals surface area contributed by atoms with Gasteiger partial charge in [-0.2, -0.15) is 0 Å². The van der Waals surface area contributed by atoms with Crippen molar-refractivity contribution in [1.29, 1.82) is 0 Å². The number of hydrogen-bond donors (Lipinski definition) is 1. The highest BCUT2D eigenvalue weighted by Gasteiger charge is 2.28. The molecule has 0 bridgehead atoms. The SMILES string of the molecule is CCOC(=O)C(O)c1cc(Cl)c2c(c1CC)OCCCO2. The van der Waals surface area contributed by atoms with Gasteiger partial charge in [0, 0.05) is 17.5 Å². The number of carbonyl (C=O) groups is 1. The summed E-state index contributed by atoms with van der Waals surface area (Å²) < 4.78 is 16.2. The van der Waals surface area contributed by atoms with Crippen molar-refractivity contribution in [2.24, 2.45) is 0 Å².